The fourth-order valence-electron chi connectivity index (χ4n) is 2.58. The van der Waals surface area contributed by atoms with Gasteiger partial charge in [-0.25, -0.2) is 4.39 Å². The molecule has 1 aromatic rings. The number of likely N-dealkylation sites (N-methyl/N-ethyl adjacent to an activating group) is 1. The van der Waals surface area contributed by atoms with E-state index in [0.29, 0.717) is 13.1 Å². The topological polar surface area (TPSA) is 38.0 Å². The largest absolute Gasteiger partial charge is 0.347 e. The van der Waals surface area contributed by atoms with E-state index in [2.05, 4.69) is 12.2 Å². The van der Waals surface area contributed by atoms with Crippen molar-refractivity contribution in [2.45, 2.75) is 13.5 Å². The third kappa shape index (κ3) is 4.58. The first-order valence-corrected chi connectivity index (χ1v) is 7.35. The highest BCUT2D eigenvalue weighted by Crippen LogP contribution is 2.01. The molecular weight excluding hydrogens is 257 g/mol. The maximum absolute atomic E-state index is 12.8. The van der Waals surface area contributed by atoms with Crippen LogP contribution in [0.15, 0.2) is 24.3 Å². The number of hydrogen-bond acceptors (Lipinski definition) is 1. The lowest BCUT2D eigenvalue weighted by atomic mass is 10.2. The molecule has 1 aliphatic heterocycles. The summed E-state index contributed by atoms with van der Waals surface area (Å²) < 4.78 is 12.8. The van der Waals surface area contributed by atoms with E-state index in [1.807, 2.05) is 0 Å². The van der Waals surface area contributed by atoms with E-state index >= 15 is 0 Å². The van der Waals surface area contributed by atoms with Gasteiger partial charge in [0.05, 0.1) is 6.54 Å². The van der Waals surface area contributed by atoms with Crippen LogP contribution in [0.5, 0.6) is 0 Å². The molecule has 0 saturated carbocycles. The molecule has 1 fully saturated rings. The van der Waals surface area contributed by atoms with Gasteiger partial charge in [-0.15, -0.1) is 0 Å². The molecule has 0 aromatic heterocycles. The minimum Gasteiger partial charge on any atom is -0.347 e. The molecule has 2 rings (SSSR count). The number of nitrogens with one attached hydrogen (secondary N) is 3. The van der Waals surface area contributed by atoms with Crippen molar-refractivity contribution in [3.05, 3.63) is 35.6 Å². The summed E-state index contributed by atoms with van der Waals surface area (Å²) >= 11 is 0. The molecule has 1 heterocycles. The number of halogens is 1. The molecule has 1 aliphatic rings. The van der Waals surface area contributed by atoms with Crippen LogP contribution in [0.2, 0.25) is 0 Å². The standard InChI is InChI=1S/C15H22FN3O/c1-2-18-7-9-19(10-8-18)12-15(20)17-11-13-3-5-14(16)6-4-13/h3-6H,2,7-12H2,1H3,(H,17,20)/p+2. The summed E-state index contributed by atoms with van der Waals surface area (Å²) in [5.74, 6) is -0.176. The second kappa shape index (κ2) is 7.36. The van der Waals surface area contributed by atoms with Crippen molar-refractivity contribution in [3.8, 4) is 0 Å². The monoisotopic (exact) mass is 281 g/mol. The van der Waals surface area contributed by atoms with Crippen LogP contribution in [0.4, 0.5) is 4.39 Å². The fraction of sp³-hybridized carbons (Fsp3) is 0.533. The van der Waals surface area contributed by atoms with E-state index in [9.17, 15) is 9.18 Å². The lowest BCUT2D eigenvalue weighted by Gasteiger charge is -2.28. The summed E-state index contributed by atoms with van der Waals surface area (Å²) in [6.07, 6.45) is 0. The van der Waals surface area contributed by atoms with Crippen molar-refractivity contribution in [3.63, 3.8) is 0 Å². The van der Waals surface area contributed by atoms with Crippen molar-refractivity contribution in [1.82, 2.24) is 5.32 Å². The summed E-state index contributed by atoms with van der Waals surface area (Å²) in [6.45, 7) is 8.81. The van der Waals surface area contributed by atoms with E-state index in [0.717, 1.165) is 31.7 Å². The number of hydrogen-bond donors (Lipinski definition) is 3. The normalized spacial score (nSPS) is 22.5. The zero-order chi connectivity index (χ0) is 14.4. The third-order valence-electron chi connectivity index (χ3n) is 3.98. The third-order valence-corrected chi connectivity index (χ3v) is 3.98. The van der Waals surface area contributed by atoms with Gasteiger partial charge in [0.1, 0.15) is 32.0 Å². The van der Waals surface area contributed by atoms with Gasteiger partial charge in [-0.2, -0.15) is 0 Å². The second-order valence-corrected chi connectivity index (χ2v) is 5.43. The minimum atomic E-state index is -0.249. The first kappa shape index (κ1) is 14.9. The first-order valence-electron chi connectivity index (χ1n) is 7.35. The maximum atomic E-state index is 12.8. The van der Waals surface area contributed by atoms with Gasteiger partial charge in [-0.3, -0.25) is 4.79 Å². The quantitative estimate of drug-likeness (QED) is 0.588. The van der Waals surface area contributed by atoms with Crippen LogP contribution in [-0.4, -0.2) is 45.2 Å². The Morgan fingerprint density at radius 2 is 1.75 bits per heavy atom. The second-order valence-electron chi connectivity index (χ2n) is 5.43. The molecule has 1 amide bonds. The molecule has 1 saturated heterocycles. The Labute approximate surface area is 119 Å². The van der Waals surface area contributed by atoms with Crippen molar-refractivity contribution < 1.29 is 19.0 Å². The summed E-state index contributed by atoms with van der Waals surface area (Å²) in [5, 5.41) is 2.90. The van der Waals surface area contributed by atoms with Gasteiger partial charge in [0.25, 0.3) is 5.91 Å². The molecule has 0 radical (unpaired) electrons. The fourth-order valence-corrected chi connectivity index (χ4v) is 2.58. The molecular formula is C15H24FN3O+2. The van der Waals surface area contributed by atoms with Gasteiger partial charge >= 0.3 is 0 Å². The number of amides is 1. The highest BCUT2D eigenvalue weighted by Gasteiger charge is 2.23. The summed E-state index contributed by atoms with van der Waals surface area (Å²) in [6, 6.07) is 6.23. The Hall–Kier alpha value is -1.46. The molecule has 0 spiro atoms. The van der Waals surface area contributed by atoms with E-state index in [4.69, 9.17) is 0 Å². The van der Waals surface area contributed by atoms with Crippen LogP contribution in [0.1, 0.15) is 12.5 Å². The van der Waals surface area contributed by atoms with Crippen LogP contribution in [0, 0.1) is 5.82 Å². The number of carbonyl (C=O) groups excluding carboxylic acids is 1. The lowest BCUT2D eigenvalue weighted by Crippen LogP contribution is -3.28. The van der Waals surface area contributed by atoms with Crippen molar-refractivity contribution in [1.29, 1.82) is 0 Å². The van der Waals surface area contributed by atoms with Crippen LogP contribution >= 0.6 is 0 Å². The molecule has 0 aliphatic carbocycles. The Balaban J connectivity index is 1.69. The van der Waals surface area contributed by atoms with Gasteiger partial charge in [-0.05, 0) is 24.6 Å². The Morgan fingerprint density at radius 3 is 2.35 bits per heavy atom. The summed E-state index contributed by atoms with van der Waals surface area (Å²) in [5.41, 5.74) is 0.926. The molecule has 20 heavy (non-hydrogen) atoms. The van der Waals surface area contributed by atoms with E-state index in [-0.39, 0.29) is 11.7 Å². The Morgan fingerprint density at radius 1 is 1.15 bits per heavy atom. The van der Waals surface area contributed by atoms with Crippen LogP contribution in [-0.2, 0) is 11.3 Å². The molecule has 0 unspecified atom stereocenters. The number of piperazine rings is 1. The summed E-state index contributed by atoms with van der Waals surface area (Å²) in [4.78, 5) is 14.9. The molecule has 110 valence electrons. The van der Waals surface area contributed by atoms with Crippen molar-refractivity contribution in [2.24, 2.45) is 0 Å². The zero-order valence-corrected chi connectivity index (χ0v) is 12.0. The van der Waals surface area contributed by atoms with Crippen LogP contribution < -0.4 is 15.1 Å². The first-order chi connectivity index (χ1) is 9.67. The molecule has 0 bridgehead atoms. The average molecular weight is 281 g/mol. The minimum absolute atomic E-state index is 0.0734. The lowest BCUT2D eigenvalue weighted by molar-refractivity contribution is -1.01. The highest BCUT2D eigenvalue weighted by atomic mass is 19.1. The van der Waals surface area contributed by atoms with Gasteiger partial charge < -0.3 is 15.1 Å². The predicted molar refractivity (Wildman–Crippen MR) is 75.0 cm³/mol. The maximum Gasteiger partial charge on any atom is 0.275 e. The smallest absolute Gasteiger partial charge is 0.275 e. The van der Waals surface area contributed by atoms with E-state index < -0.39 is 0 Å². The molecule has 0 atom stereocenters. The average Bonchev–Trinajstić information content (AvgIpc) is 2.47. The van der Waals surface area contributed by atoms with Crippen LogP contribution in [0.3, 0.4) is 0 Å². The molecule has 5 heteroatoms. The van der Waals surface area contributed by atoms with Gasteiger partial charge in [-0.1, -0.05) is 12.1 Å². The van der Waals surface area contributed by atoms with E-state index in [1.54, 1.807) is 17.0 Å². The van der Waals surface area contributed by atoms with Crippen molar-refractivity contribution >= 4 is 5.91 Å². The Bertz CT molecular complexity index is 427. The van der Waals surface area contributed by atoms with Crippen LogP contribution in [0.25, 0.3) is 0 Å². The highest BCUT2D eigenvalue weighted by molar-refractivity contribution is 5.76. The number of quaternary nitrogens is 2. The Kier molecular flexibility index (Phi) is 5.49. The molecule has 4 nitrogen and oxygen atoms in total. The van der Waals surface area contributed by atoms with Crippen molar-refractivity contribution in [2.75, 3.05) is 39.3 Å². The predicted octanol–water partition coefficient (Wildman–Crippen LogP) is -1.75. The molecule has 1 aromatic carbocycles. The number of rotatable bonds is 5. The summed E-state index contributed by atoms with van der Waals surface area (Å²) in [7, 11) is 0. The number of benzene rings is 1. The SMILES string of the molecule is CC[NH+]1CC[NH+](CC(=O)NCc2ccc(F)cc2)CC1. The van der Waals surface area contributed by atoms with E-state index in [1.165, 1.54) is 23.6 Å². The van der Waals surface area contributed by atoms with Gasteiger partial charge in [0, 0.05) is 6.54 Å². The zero-order valence-electron chi connectivity index (χ0n) is 12.0. The van der Waals surface area contributed by atoms with Gasteiger partial charge in [0.2, 0.25) is 0 Å². The van der Waals surface area contributed by atoms with Gasteiger partial charge in [0.15, 0.2) is 6.54 Å². The molecule has 3 N–H and O–H groups in total. The number of carbonyl (C=O) groups is 1.